The van der Waals surface area contributed by atoms with E-state index in [2.05, 4.69) is 21.2 Å². The van der Waals surface area contributed by atoms with Crippen LogP contribution in [0.4, 0.5) is 0 Å². The minimum absolute atomic E-state index is 0.241. The number of aliphatic hydroxyl groups excluding tert-OH is 1. The van der Waals surface area contributed by atoms with E-state index in [0.29, 0.717) is 10.4 Å². The highest BCUT2D eigenvalue weighted by molar-refractivity contribution is 9.10. The Bertz CT molecular complexity index is 357. The number of rotatable bonds is 4. The lowest BCUT2D eigenvalue weighted by molar-refractivity contribution is -0.116. The molecule has 0 aliphatic rings. The number of furan rings is 1. The molecule has 0 bridgehead atoms. The molecular weight excluding hydrogens is 262 g/mol. The fourth-order valence-electron chi connectivity index (χ4n) is 0.883. The molecule has 2 N–H and O–H groups in total. The number of halogens is 1. The maximum atomic E-state index is 11.2. The summed E-state index contributed by atoms with van der Waals surface area (Å²) in [5.74, 6) is 0.331. The highest BCUT2D eigenvalue weighted by Crippen LogP contribution is 2.14. The van der Waals surface area contributed by atoms with Crippen LogP contribution in [0.25, 0.3) is 6.08 Å². The van der Waals surface area contributed by atoms with Crippen LogP contribution in [0.5, 0.6) is 0 Å². The number of carbonyl (C=O) groups is 1. The fraction of sp³-hybridized carbons (Fsp3) is 0.300. The first-order valence-corrected chi connectivity index (χ1v) is 5.26. The molecule has 82 valence electrons. The molecule has 0 aliphatic heterocycles. The van der Waals surface area contributed by atoms with Gasteiger partial charge in [0, 0.05) is 12.6 Å². The van der Waals surface area contributed by atoms with Gasteiger partial charge in [-0.2, -0.15) is 0 Å². The molecule has 1 rings (SSSR count). The van der Waals surface area contributed by atoms with Gasteiger partial charge in [0.15, 0.2) is 4.67 Å². The Morgan fingerprint density at radius 3 is 3.00 bits per heavy atom. The predicted molar refractivity (Wildman–Crippen MR) is 60.1 cm³/mol. The third-order valence-electron chi connectivity index (χ3n) is 1.56. The summed E-state index contributed by atoms with van der Waals surface area (Å²) in [5.41, 5.74) is 0. The van der Waals surface area contributed by atoms with Crippen molar-refractivity contribution in [2.45, 2.75) is 13.0 Å². The number of nitrogens with one attached hydrogen (secondary N) is 1. The first-order valence-electron chi connectivity index (χ1n) is 4.47. The largest absolute Gasteiger partial charge is 0.450 e. The van der Waals surface area contributed by atoms with Gasteiger partial charge < -0.3 is 14.8 Å². The summed E-state index contributed by atoms with van der Waals surface area (Å²) in [7, 11) is 0. The average Bonchev–Trinajstić information content (AvgIpc) is 2.58. The zero-order valence-electron chi connectivity index (χ0n) is 8.24. The Kier molecular flexibility index (Phi) is 4.58. The predicted octanol–water partition coefficient (Wildman–Crippen LogP) is 1.55. The van der Waals surface area contributed by atoms with Crippen molar-refractivity contribution in [3.8, 4) is 0 Å². The van der Waals surface area contributed by atoms with Crippen LogP contribution in [0.3, 0.4) is 0 Å². The molecule has 0 spiro atoms. The molecule has 0 fully saturated rings. The maximum Gasteiger partial charge on any atom is 0.244 e. The van der Waals surface area contributed by atoms with E-state index in [-0.39, 0.29) is 12.5 Å². The van der Waals surface area contributed by atoms with Crippen molar-refractivity contribution in [2.75, 3.05) is 6.54 Å². The Morgan fingerprint density at radius 1 is 1.73 bits per heavy atom. The molecule has 0 aromatic carbocycles. The second kappa shape index (κ2) is 5.72. The monoisotopic (exact) mass is 273 g/mol. The molecule has 0 radical (unpaired) electrons. The zero-order chi connectivity index (χ0) is 11.3. The molecule has 1 heterocycles. The van der Waals surface area contributed by atoms with E-state index in [1.54, 1.807) is 25.1 Å². The van der Waals surface area contributed by atoms with Crippen molar-refractivity contribution < 1.29 is 14.3 Å². The highest BCUT2D eigenvalue weighted by atomic mass is 79.9. The van der Waals surface area contributed by atoms with E-state index in [1.165, 1.54) is 6.08 Å². The van der Waals surface area contributed by atoms with Crippen LogP contribution in [0, 0.1) is 0 Å². The van der Waals surface area contributed by atoms with E-state index >= 15 is 0 Å². The maximum absolute atomic E-state index is 11.2. The normalized spacial score (nSPS) is 13.0. The summed E-state index contributed by atoms with van der Waals surface area (Å²) in [4.78, 5) is 11.2. The minimum Gasteiger partial charge on any atom is -0.450 e. The van der Waals surface area contributed by atoms with Crippen LogP contribution in [-0.2, 0) is 4.79 Å². The molecular formula is C10H12BrNO3. The second-order valence-electron chi connectivity index (χ2n) is 3.07. The fourth-order valence-corrected chi connectivity index (χ4v) is 1.20. The zero-order valence-corrected chi connectivity index (χ0v) is 9.82. The van der Waals surface area contributed by atoms with E-state index < -0.39 is 6.10 Å². The van der Waals surface area contributed by atoms with Crippen molar-refractivity contribution in [3.63, 3.8) is 0 Å². The van der Waals surface area contributed by atoms with Gasteiger partial charge in [0.2, 0.25) is 5.91 Å². The van der Waals surface area contributed by atoms with Gasteiger partial charge in [-0.05, 0) is 41.1 Å². The van der Waals surface area contributed by atoms with Gasteiger partial charge in [-0.1, -0.05) is 0 Å². The first kappa shape index (κ1) is 12.0. The first-order chi connectivity index (χ1) is 7.08. The van der Waals surface area contributed by atoms with Gasteiger partial charge in [0.1, 0.15) is 5.76 Å². The summed E-state index contributed by atoms with van der Waals surface area (Å²) in [6.07, 6.45) is 2.37. The summed E-state index contributed by atoms with van der Waals surface area (Å²) < 4.78 is 5.78. The number of amides is 1. The average molecular weight is 274 g/mol. The van der Waals surface area contributed by atoms with Crippen molar-refractivity contribution in [2.24, 2.45) is 0 Å². The van der Waals surface area contributed by atoms with Crippen LogP contribution in [-0.4, -0.2) is 23.7 Å². The lowest BCUT2D eigenvalue weighted by atomic mass is 10.3. The number of hydrogen-bond donors (Lipinski definition) is 2. The molecule has 1 amide bonds. The van der Waals surface area contributed by atoms with Gasteiger partial charge in [-0.25, -0.2) is 0 Å². The molecule has 15 heavy (non-hydrogen) atoms. The van der Waals surface area contributed by atoms with Crippen LogP contribution in [0.2, 0.25) is 0 Å². The molecule has 1 aromatic rings. The molecule has 0 unspecified atom stereocenters. The van der Waals surface area contributed by atoms with Crippen molar-refractivity contribution >= 4 is 27.9 Å². The summed E-state index contributed by atoms with van der Waals surface area (Å²) in [5, 5.41) is 11.5. The summed E-state index contributed by atoms with van der Waals surface area (Å²) >= 11 is 3.15. The molecule has 4 nitrogen and oxygen atoms in total. The summed E-state index contributed by atoms with van der Waals surface area (Å²) in [6.45, 7) is 1.85. The SMILES string of the molecule is C[C@@H](O)CNC(=O)/C=C/c1ccc(Br)o1. The van der Waals surface area contributed by atoms with Gasteiger partial charge in [-0.3, -0.25) is 4.79 Å². The van der Waals surface area contributed by atoms with E-state index in [4.69, 9.17) is 9.52 Å². The Balaban J connectivity index is 2.40. The Labute approximate surface area is 96.1 Å². The lowest BCUT2D eigenvalue weighted by Crippen LogP contribution is -2.28. The van der Waals surface area contributed by atoms with Crippen molar-refractivity contribution in [1.29, 1.82) is 0 Å². The topological polar surface area (TPSA) is 62.5 Å². The van der Waals surface area contributed by atoms with Crippen LogP contribution >= 0.6 is 15.9 Å². The van der Waals surface area contributed by atoms with Gasteiger partial charge in [-0.15, -0.1) is 0 Å². The van der Waals surface area contributed by atoms with Crippen LogP contribution in [0.1, 0.15) is 12.7 Å². The Morgan fingerprint density at radius 2 is 2.47 bits per heavy atom. The summed E-state index contributed by atoms with van der Waals surface area (Å²) in [6, 6.07) is 3.48. The van der Waals surface area contributed by atoms with Gasteiger partial charge >= 0.3 is 0 Å². The lowest BCUT2D eigenvalue weighted by Gasteiger charge is -2.03. The quantitative estimate of drug-likeness (QED) is 0.819. The van der Waals surface area contributed by atoms with Crippen molar-refractivity contribution in [3.05, 3.63) is 28.6 Å². The third-order valence-corrected chi connectivity index (χ3v) is 1.99. The minimum atomic E-state index is -0.542. The third kappa shape index (κ3) is 4.80. The van der Waals surface area contributed by atoms with E-state index in [1.807, 2.05) is 0 Å². The number of hydrogen-bond acceptors (Lipinski definition) is 3. The molecule has 5 heteroatoms. The number of carbonyl (C=O) groups excluding carboxylic acids is 1. The number of aliphatic hydroxyl groups is 1. The van der Waals surface area contributed by atoms with Gasteiger partial charge in [0.05, 0.1) is 6.10 Å². The van der Waals surface area contributed by atoms with Crippen LogP contribution in [0.15, 0.2) is 27.3 Å². The molecule has 0 saturated carbocycles. The van der Waals surface area contributed by atoms with E-state index in [9.17, 15) is 4.79 Å². The highest BCUT2D eigenvalue weighted by Gasteiger charge is 1.99. The van der Waals surface area contributed by atoms with Crippen LogP contribution < -0.4 is 5.32 Å². The molecule has 1 aromatic heterocycles. The van der Waals surface area contributed by atoms with Crippen molar-refractivity contribution in [1.82, 2.24) is 5.32 Å². The smallest absolute Gasteiger partial charge is 0.244 e. The Hall–Kier alpha value is -1.07. The molecule has 0 aliphatic carbocycles. The standard InChI is InChI=1S/C10H12BrNO3/c1-7(13)6-12-10(14)5-3-8-2-4-9(11)15-8/h2-5,7,13H,6H2,1H3,(H,12,14)/b5-3+/t7-/m1/s1. The van der Waals surface area contributed by atoms with Gasteiger partial charge in [0.25, 0.3) is 0 Å². The second-order valence-corrected chi connectivity index (χ2v) is 3.85. The molecule has 0 saturated heterocycles. The van der Waals surface area contributed by atoms with E-state index in [0.717, 1.165) is 0 Å². The molecule has 1 atom stereocenters.